The van der Waals surface area contributed by atoms with E-state index in [4.69, 9.17) is 0 Å². The predicted octanol–water partition coefficient (Wildman–Crippen LogP) is 0.885. The second-order valence-electron chi connectivity index (χ2n) is 4.97. The fraction of sp³-hybridized carbons (Fsp3) is 0.467. The zero-order chi connectivity index (χ0) is 14.5. The fourth-order valence-corrected chi connectivity index (χ4v) is 2.40. The molecule has 1 aliphatic heterocycles. The maximum absolute atomic E-state index is 11.8. The molecule has 1 amide bonds. The van der Waals surface area contributed by atoms with E-state index in [1.165, 1.54) is 7.11 Å². The highest BCUT2D eigenvalue weighted by molar-refractivity contribution is 5.78. The molecule has 0 spiro atoms. The molecule has 1 unspecified atom stereocenters. The Kier molecular flexibility index (Phi) is 4.74. The van der Waals surface area contributed by atoms with Gasteiger partial charge in [0.2, 0.25) is 5.91 Å². The molecule has 5 heteroatoms. The van der Waals surface area contributed by atoms with Gasteiger partial charge in [-0.15, -0.1) is 0 Å². The third-order valence-corrected chi connectivity index (χ3v) is 3.62. The van der Waals surface area contributed by atoms with Crippen LogP contribution in [0.3, 0.4) is 0 Å². The molecule has 20 heavy (non-hydrogen) atoms. The number of likely N-dealkylation sites (tertiary alicyclic amines) is 1. The first-order valence-electron chi connectivity index (χ1n) is 6.69. The fourth-order valence-electron chi connectivity index (χ4n) is 2.40. The molecule has 0 aliphatic carbocycles. The van der Waals surface area contributed by atoms with Crippen LogP contribution in [0.5, 0.6) is 0 Å². The Morgan fingerprint density at radius 1 is 1.35 bits per heavy atom. The number of aliphatic hydroxyl groups excluding tert-OH is 1. The molecule has 2 rings (SSSR count). The van der Waals surface area contributed by atoms with Gasteiger partial charge in [-0.3, -0.25) is 9.59 Å². The number of ether oxygens (including phenoxy) is 1. The van der Waals surface area contributed by atoms with Crippen molar-refractivity contribution in [2.45, 2.75) is 31.8 Å². The monoisotopic (exact) mass is 277 g/mol. The van der Waals surface area contributed by atoms with Crippen LogP contribution in [0.4, 0.5) is 0 Å². The van der Waals surface area contributed by atoms with Crippen LogP contribution in [0.25, 0.3) is 0 Å². The average molecular weight is 277 g/mol. The van der Waals surface area contributed by atoms with Gasteiger partial charge in [0.25, 0.3) is 0 Å². The molecule has 1 fully saturated rings. The van der Waals surface area contributed by atoms with E-state index in [0.29, 0.717) is 13.0 Å². The van der Waals surface area contributed by atoms with E-state index in [0.717, 1.165) is 17.5 Å². The van der Waals surface area contributed by atoms with Crippen LogP contribution in [0, 0.1) is 0 Å². The maximum Gasteiger partial charge on any atom is 0.309 e. The number of hydrogen-bond donors (Lipinski definition) is 1. The first kappa shape index (κ1) is 14.5. The highest BCUT2D eigenvalue weighted by atomic mass is 16.5. The Bertz CT molecular complexity index is 483. The van der Waals surface area contributed by atoms with Gasteiger partial charge in [-0.25, -0.2) is 0 Å². The summed E-state index contributed by atoms with van der Waals surface area (Å²) in [5, 5.41) is 9.26. The first-order valence-corrected chi connectivity index (χ1v) is 6.69. The SMILES string of the molecule is COC(=O)Cc1ccc(CN2C(=O)CCC2CO)cc1. The van der Waals surface area contributed by atoms with Gasteiger partial charge in [-0.05, 0) is 17.5 Å². The second-order valence-corrected chi connectivity index (χ2v) is 4.97. The van der Waals surface area contributed by atoms with Crippen molar-refractivity contribution in [3.8, 4) is 0 Å². The summed E-state index contributed by atoms with van der Waals surface area (Å²) < 4.78 is 4.62. The number of amides is 1. The van der Waals surface area contributed by atoms with E-state index in [9.17, 15) is 14.7 Å². The lowest BCUT2D eigenvalue weighted by Gasteiger charge is -2.23. The highest BCUT2D eigenvalue weighted by Crippen LogP contribution is 2.21. The predicted molar refractivity (Wildman–Crippen MR) is 72.8 cm³/mol. The van der Waals surface area contributed by atoms with Crippen LogP contribution in [-0.4, -0.2) is 41.6 Å². The molecule has 0 bridgehead atoms. The van der Waals surface area contributed by atoms with Crippen molar-refractivity contribution in [2.24, 2.45) is 0 Å². The summed E-state index contributed by atoms with van der Waals surface area (Å²) in [5.41, 5.74) is 1.87. The zero-order valence-electron chi connectivity index (χ0n) is 11.5. The zero-order valence-corrected chi connectivity index (χ0v) is 11.5. The average Bonchev–Trinajstić information content (AvgIpc) is 2.81. The van der Waals surface area contributed by atoms with Crippen LogP contribution in [0.2, 0.25) is 0 Å². The van der Waals surface area contributed by atoms with Gasteiger partial charge >= 0.3 is 5.97 Å². The number of methoxy groups -OCH3 is 1. The minimum absolute atomic E-state index is 0.00612. The minimum Gasteiger partial charge on any atom is -0.469 e. The summed E-state index contributed by atoms with van der Waals surface area (Å²) in [7, 11) is 1.37. The standard InChI is InChI=1S/C15H19NO4/c1-20-15(19)8-11-2-4-12(5-3-11)9-16-13(10-17)6-7-14(16)18/h2-5,13,17H,6-10H2,1H3. The summed E-state index contributed by atoms with van der Waals surface area (Å²) in [6.45, 7) is 0.509. The molecule has 0 aromatic heterocycles. The lowest BCUT2D eigenvalue weighted by Crippen LogP contribution is -2.34. The van der Waals surface area contributed by atoms with Gasteiger partial charge in [-0.1, -0.05) is 24.3 Å². The quantitative estimate of drug-likeness (QED) is 0.812. The Labute approximate surface area is 118 Å². The Morgan fingerprint density at radius 2 is 2.00 bits per heavy atom. The van der Waals surface area contributed by atoms with E-state index < -0.39 is 0 Å². The molecule has 108 valence electrons. The van der Waals surface area contributed by atoms with E-state index in [2.05, 4.69) is 4.74 Å². The lowest BCUT2D eigenvalue weighted by molar-refractivity contribution is -0.139. The van der Waals surface area contributed by atoms with Gasteiger partial charge in [-0.2, -0.15) is 0 Å². The number of nitrogens with zero attached hydrogens (tertiary/aromatic N) is 1. The van der Waals surface area contributed by atoms with Gasteiger partial charge in [0.05, 0.1) is 26.2 Å². The number of carbonyl (C=O) groups is 2. The van der Waals surface area contributed by atoms with Crippen LogP contribution >= 0.6 is 0 Å². The molecule has 1 saturated heterocycles. The number of carbonyl (C=O) groups excluding carboxylic acids is 2. The summed E-state index contributed by atoms with van der Waals surface area (Å²) in [4.78, 5) is 24.6. The Balaban J connectivity index is 2.00. The van der Waals surface area contributed by atoms with Gasteiger partial charge in [0, 0.05) is 13.0 Å². The topological polar surface area (TPSA) is 66.8 Å². The lowest BCUT2D eigenvalue weighted by atomic mass is 10.1. The van der Waals surface area contributed by atoms with E-state index in [1.54, 1.807) is 4.90 Å². The minimum atomic E-state index is -0.271. The molecule has 0 radical (unpaired) electrons. The second kappa shape index (κ2) is 6.52. The van der Waals surface area contributed by atoms with Crippen molar-refractivity contribution < 1.29 is 19.4 Å². The van der Waals surface area contributed by atoms with Gasteiger partial charge < -0.3 is 14.7 Å². The Hall–Kier alpha value is -1.88. The molecule has 1 atom stereocenters. The number of aliphatic hydroxyl groups is 1. The molecule has 1 heterocycles. The third kappa shape index (κ3) is 3.36. The van der Waals surface area contributed by atoms with Crippen molar-refractivity contribution in [2.75, 3.05) is 13.7 Å². The molecular weight excluding hydrogens is 258 g/mol. The number of hydrogen-bond acceptors (Lipinski definition) is 4. The summed E-state index contributed by atoms with van der Waals surface area (Å²) in [6.07, 6.45) is 1.47. The van der Waals surface area contributed by atoms with Crippen LogP contribution in [0.15, 0.2) is 24.3 Å². The normalized spacial score (nSPS) is 18.4. The molecule has 0 saturated carbocycles. The van der Waals surface area contributed by atoms with Crippen LogP contribution < -0.4 is 0 Å². The van der Waals surface area contributed by atoms with Gasteiger partial charge in [0.15, 0.2) is 0 Å². The number of rotatable bonds is 5. The highest BCUT2D eigenvalue weighted by Gasteiger charge is 2.29. The maximum atomic E-state index is 11.8. The first-order chi connectivity index (χ1) is 9.63. The van der Waals surface area contributed by atoms with Crippen molar-refractivity contribution in [1.82, 2.24) is 4.90 Å². The van der Waals surface area contributed by atoms with Crippen LogP contribution in [0.1, 0.15) is 24.0 Å². The van der Waals surface area contributed by atoms with Crippen molar-refractivity contribution in [3.05, 3.63) is 35.4 Å². The van der Waals surface area contributed by atoms with E-state index >= 15 is 0 Å². The van der Waals surface area contributed by atoms with Crippen molar-refractivity contribution in [1.29, 1.82) is 0 Å². The summed E-state index contributed by atoms with van der Waals surface area (Å²) in [6, 6.07) is 7.45. The smallest absolute Gasteiger partial charge is 0.309 e. The molecule has 1 N–H and O–H groups in total. The molecule has 1 aromatic carbocycles. The Morgan fingerprint density at radius 3 is 2.60 bits per heavy atom. The molecule has 1 aliphatic rings. The summed E-state index contributed by atoms with van der Waals surface area (Å²) in [5.74, 6) is -0.185. The van der Waals surface area contributed by atoms with Gasteiger partial charge in [0.1, 0.15) is 0 Å². The van der Waals surface area contributed by atoms with Crippen LogP contribution in [-0.2, 0) is 27.3 Å². The van der Waals surface area contributed by atoms with Crippen molar-refractivity contribution >= 4 is 11.9 Å². The van der Waals surface area contributed by atoms with Crippen molar-refractivity contribution in [3.63, 3.8) is 0 Å². The molecule has 5 nitrogen and oxygen atoms in total. The largest absolute Gasteiger partial charge is 0.469 e. The third-order valence-electron chi connectivity index (χ3n) is 3.62. The van der Waals surface area contributed by atoms with E-state index in [-0.39, 0.29) is 30.9 Å². The molecular formula is C15H19NO4. The number of esters is 1. The van der Waals surface area contributed by atoms with E-state index in [1.807, 2.05) is 24.3 Å². The molecule has 1 aromatic rings. The number of benzene rings is 1. The summed E-state index contributed by atoms with van der Waals surface area (Å²) >= 11 is 0.